The maximum absolute atomic E-state index is 10.1. The van der Waals surface area contributed by atoms with E-state index in [2.05, 4.69) is 143 Å². The van der Waals surface area contributed by atoms with Crippen molar-refractivity contribution >= 4 is 27.8 Å². The van der Waals surface area contributed by atoms with Crippen LogP contribution in [-0.4, -0.2) is 92.7 Å². The predicted octanol–water partition coefficient (Wildman–Crippen LogP) is 16.3. The van der Waals surface area contributed by atoms with Crippen LogP contribution in [0.2, 0.25) is 0 Å². The molecule has 0 bridgehead atoms. The van der Waals surface area contributed by atoms with Crippen LogP contribution < -0.4 is 14.2 Å². The standard InChI is InChI=1S/C38H42N2O2.C30H34N2O3.C2H4O2.CH4.CH3.Pd/c1-29-12-21-37-36(26-29)30(2)38(33-15-19-35(20-16-33)42-28-32-10-6-5-7-11-32)40(37)27-31-13-17-34(18-14-31)41-25-24-39-22-8-3-4-9-23-39;1-22-28-20-26(34)12-15-29(28)32(30(22)24-8-10-25(33)11-9-24)21-23-6-13-27(14-7-23)35-19-18-31-16-4-2-3-5-17-31;1-2(3)4;;;/h5-7,10-21,26H,3-4,8-9,22-25,27-28H2,1-2H3;6-15,20,33-34H,2-5,16-19,21H2,1H3;1H3,(H,3,4);1H4;1H3;/q;;;;-1;. The molecule has 3 N–H and O–H groups in total. The average Bonchev–Trinajstić information content (AvgIpc) is 3.92. The summed E-state index contributed by atoms with van der Waals surface area (Å²) in [5, 5.41) is 29.6. The van der Waals surface area contributed by atoms with E-state index in [0.29, 0.717) is 13.2 Å². The van der Waals surface area contributed by atoms with E-state index in [1.165, 1.54) is 128 Å². The molecular formula is C72H87N4O7Pd-. The van der Waals surface area contributed by atoms with Crippen LogP contribution in [-0.2, 0) is 44.9 Å². The largest absolute Gasteiger partial charge is 0.508 e. The summed E-state index contributed by atoms with van der Waals surface area (Å²) in [5.41, 5.74) is 14.2. The van der Waals surface area contributed by atoms with Gasteiger partial charge in [-0.25, -0.2) is 0 Å². The molecule has 0 saturated carbocycles. The summed E-state index contributed by atoms with van der Waals surface area (Å²) < 4.78 is 23.0. The molecule has 448 valence electrons. The number of phenols is 2. The van der Waals surface area contributed by atoms with Gasteiger partial charge >= 0.3 is 0 Å². The zero-order valence-corrected chi connectivity index (χ0v) is 50.7. The topological polar surface area (TPSA) is 122 Å². The van der Waals surface area contributed by atoms with Gasteiger partial charge < -0.3 is 46.1 Å². The van der Waals surface area contributed by atoms with Crippen molar-refractivity contribution in [2.24, 2.45) is 0 Å². The second-order valence-electron chi connectivity index (χ2n) is 21.7. The van der Waals surface area contributed by atoms with Crippen molar-refractivity contribution < 1.29 is 54.7 Å². The Bertz CT molecular complexity index is 3410. The molecule has 12 heteroatoms. The Morgan fingerprint density at radius 3 is 1.33 bits per heavy atom. The number of hydrogen-bond acceptors (Lipinski definition) is 8. The summed E-state index contributed by atoms with van der Waals surface area (Å²) in [6.07, 6.45) is 10.7. The minimum Gasteiger partial charge on any atom is -0.508 e. The number of aromatic hydroxyl groups is 2. The van der Waals surface area contributed by atoms with E-state index in [1.54, 1.807) is 18.2 Å². The van der Waals surface area contributed by atoms with E-state index in [9.17, 15) is 10.2 Å². The van der Waals surface area contributed by atoms with Crippen molar-refractivity contribution in [3.8, 4) is 51.3 Å². The number of nitrogens with zero attached hydrogens (tertiary/aromatic N) is 4. The minimum atomic E-state index is -0.833. The number of aromatic nitrogens is 2. The maximum atomic E-state index is 10.1. The second-order valence-corrected chi connectivity index (χ2v) is 21.7. The van der Waals surface area contributed by atoms with Gasteiger partial charge in [-0.05, 0) is 215 Å². The first-order valence-electron chi connectivity index (χ1n) is 29.0. The van der Waals surface area contributed by atoms with Gasteiger partial charge in [-0.2, -0.15) is 0 Å². The molecule has 0 aliphatic carbocycles. The fourth-order valence-electron chi connectivity index (χ4n) is 11.3. The average molecular weight is 1230 g/mol. The summed E-state index contributed by atoms with van der Waals surface area (Å²) in [7, 11) is 0. The van der Waals surface area contributed by atoms with Gasteiger partial charge in [-0.3, -0.25) is 14.6 Å². The number of phenolic OH excluding ortho intramolecular Hbond substituents is 2. The van der Waals surface area contributed by atoms with Crippen molar-refractivity contribution in [3.63, 3.8) is 0 Å². The molecule has 0 unspecified atom stereocenters. The Hall–Kier alpha value is -7.33. The Morgan fingerprint density at radius 1 is 0.476 bits per heavy atom. The monoisotopic (exact) mass is 1230 g/mol. The number of rotatable bonds is 17. The number of hydrogen-bond donors (Lipinski definition) is 3. The van der Waals surface area contributed by atoms with Crippen LogP contribution in [0, 0.1) is 28.2 Å². The molecule has 0 spiro atoms. The molecule has 0 radical (unpaired) electrons. The van der Waals surface area contributed by atoms with Gasteiger partial charge in [-0.1, -0.05) is 99.3 Å². The smallest absolute Gasteiger partial charge is 0.300 e. The number of aryl methyl sites for hydroxylation is 3. The molecule has 2 aromatic heterocycles. The van der Waals surface area contributed by atoms with Crippen LogP contribution >= 0.6 is 0 Å². The first-order chi connectivity index (χ1) is 39.4. The van der Waals surface area contributed by atoms with Gasteiger partial charge in [0, 0.05) is 75.3 Å². The van der Waals surface area contributed by atoms with Gasteiger partial charge in [0.05, 0.1) is 11.4 Å². The quantitative estimate of drug-likeness (QED) is 0.0604. The van der Waals surface area contributed by atoms with Gasteiger partial charge in [0.15, 0.2) is 0 Å². The van der Waals surface area contributed by atoms with Crippen molar-refractivity contribution in [2.75, 3.05) is 52.5 Å². The van der Waals surface area contributed by atoms with Crippen molar-refractivity contribution in [1.82, 2.24) is 18.9 Å². The Labute approximate surface area is 513 Å². The van der Waals surface area contributed by atoms with E-state index >= 15 is 0 Å². The van der Waals surface area contributed by atoms with E-state index in [1.807, 2.05) is 42.5 Å². The SMILES string of the molecule is C.CC(=O)O.Cc1c(-c2ccc(O)cc2)n(Cc2ccc(OCCN3CCCCCC3)cc2)c2ccc(O)cc12.Cc1ccc2c(c1)c(C)c(-c1ccc(OCc3ccccc3)cc1)n2Cc1ccc(OCCN2CCCCCC2)cc1.[CH3-].[Pd]. The summed E-state index contributed by atoms with van der Waals surface area (Å²) in [4.78, 5) is 14.1. The number of fused-ring (bicyclic) bond motifs is 2. The number of likely N-dealkylation sites (tertiary alicyclic amines) is 2. The van der Waals surface area contributed by atoms with Crippen LogP contribution in [0.15, 0.2) is 164 Å². The number of benzene rings is 7. The summed E-state index contributed by atoms with van der Waals surface area (Å²) in [5.74, 6) is 2.41. The molecule has 0 atom stereocenters. The molecule has 11 nitrogen and oxygen atoms in total. The summed E-state index contributed by atoms with van der Waals surface area (Å²) >= 11 is 0. The van der Waals surface area contributed by atoms with Crippen molar-refractivity contribution in [1.29, 1.82) is 0 Å². The van der Waals surface area contributed by atoms with Gasteiger partial charge in [0.2, 0.25) is 0 Å². The first kappa shape index (κ1) is 65.8. The first-order valence-corrected chi connectivity index (χ1v) is 29.0. The number of carboxylic acid groups (broad SMARTS) is 1. The van der Waals surface area contributed by atoms with E-state index in [4.69, 9.17) is 24.1 Å². The maximum Gasteiger partial charge on any atom is 0.300 e. The molecular weight excluding hydrogens is 1140 g/mol. The number of ether oxygens (including phenoxy) is 3. The third kappa shape index (κ3) is 18.1. The molecule has 7 aromatic carbocycles. The van der Waals surface area contributed by atoms with E-state index < -0.39 is 5.97 Å². The Kier molecular flexibility index (Phi) is 25.6. The van der Waals surface area contributed by atoms with Crippen LogP contribution in [0.3, 0.4) is 0 Å². The van der Waals surface area contributed by atoms with E-state index in [0.717, 1.165) is 84.7 Å². The number of carbonyl (C=O) groups is 1. The van der Waals surface area contributed by atoms with Gasteiger partial charge in [0.1, 0.15) is 48.6 Å². The van der Waals surface area contributed by atoms with Gasteiger partial charge in [-0.15, -0.1) is 0 Å². The van der Waals surface area contributed by atoms with Crippen LogP contribution in [0.25, 0.3) is 44.3 Å². The number of aliphatic carboxylic acids is 1. The Balaban J connectivity index is 0.000000248. The predicted molar refractivity (Wildman–Crippen MR) is 341 cm³/mol. The molecule has 0 amide bonds. The second kappa shape index (κ2) is 32.7. The molecule has 84 heavy (non-hydrogen) atoms. The summed E-state index contributed by atoms with van der Waals surface area (Å²) in [6, 6.07) is 55.5. The van der Waals surface area contributed by atoms with Crippen molar-refractivity contribution in [2.45, 2.75) is 106 Å². The molecule has 2 saturated heterocycles. The summed E-state index contributed by atoms with van der Waals surface area (Å²) in [6.45, 7) is 17.9. The molecule has 2 aliphatic rings. The molecule has 4 heterocycles. The Morgan fingerprint density at radius 2 is 0.869 bits per heavy atom. The molecule has 9 aromatic rings. The fourth-order valence-corrected chi connectivity index (χ4v) is 11.3. The fraction of sp³-hybridized carbons (Fsp3) is 0.333. The zero-order valence-electron chi connectivity index (χ0n) is 49.1. The van der Waals surface area contributed by atoms with Crippen LogP contribution in [0.4, 0.5) is 0 Å². The van der Waals surface area contributed by atoms with Crippen LogP contribution in [0.5, 0.6) is 28.7 Å². The zero-order chi connectivity index (χ0) is 56.5. The normalized spacial score (nSPS) is 13.5. The number of carboxylic acids is 1. The molecule has 2 fully saturated rings. The van der Waals surface area contributed by atoms with Crippen molar-refractivity contribution in [3.05, 3.63) is 205 Å². The molecule has 11 rings (SSSR count). The molecule has 2 aliphatic heterocycles. The minimum absolute atomic E-state index is 0. The third-order valence-corrected chi connectivity index (χ3v) is 15.6. The third-order valence-electron chi connectivity index (χ3n) is 15.6. The van der Waals surface area contributed by atoms with E-state index in [-0.39, 0.29) is 46.8 Å². The van der Waals surface area contributed by atoms with Gasteiger partial charge in [0.25, 0.3) is 5.97 Å². The van der Waals surface area contributed by atoms with Crippen LogP contribution in [0.1, 0.15) is 99.1 Å².